The van der Waals surface area contributed by atoms with E-state index in [0.29, 0.717) is 16.8 Å². The van der Waals surface area contributed by atoms with Gasteiger partial charge in [0.2, 0.25) is 0 Å². The first-order valence-corrected chi connectivity index (χ1v) is 7.90. The van der Waals surface area contributed by atoms with Crippen LogP contribution in [0, 0.1) is 0 Å². The zero-order valence-electron chi connectivity index (χ0n) is 13.7. The number of benzene rings is 2. The minimum absolute atomic E-state index is 0.0411. The molecule has 1 aliphatic heterocycles. The summed E-state index contributed by atoms with van der Waals surface area (Å²) >= 11 is 0. The van der Waals surface area contributed by atoms with Crippen LogP contribution in [0.4, 0.5) is 0 Å². The van der Waals surface area contributed by atoms with Crippen LogP contribution in [0.25, 0.3) is 11.5 Å². The van der Waals surface area contributed by atoms with E-state index in [9.17, 15) is 14.7 Å². The number of aliphatic hydroxyl groups is 1. The van der Waals surface area contributed by atoms with E-state index in [2.05, 4.69) is 5.32 Å². The summed E-state index contributed by atoms with van der Waals surface area (Å²) in [6, 6.07) is 17.6. The maximum Gasteiger partial charge on any atom is 0.341 e. The van der Waals surface area contributed by atoms with E-state index in [-0.39, 0.29) is 23.5 Å². The van der Waals surface area contributed by atoms with Crippen LogP contribution in [-0.2, 0) is 14.3 Å². The summed E-state index contributed by atoms with van der Waals surface area (Å²) in [4.78, 5) is 25.0. The van der Waals surface area contributed by atoms with Crippen LogP contribution in [0.1, 0.15) is 18.1 Å². The van der Waals surface area contributed by atoms with E-state index in [0.717, 1.165) is 0 Å². The largest absolute Gasteiger partial charge is 0.506 e. The number of ether oxygens (including phenoxy) is 1. The lowest BCUT2D eigenvalue weighted by Crippen LogP contribution is -2.17. The van der Waals surface area contributed by atoms with Crippen molar-refractivity contribution in [3.05, 3.63) is 82.9 Å². The molecule has 0 saturated heterocycles. The molecular formula is C20H17NO4. The number of amides is 1. The Kier molecular flexibility index (Phi) is 4.66. The number of rotatable bonds is 4. The fourth-order valence-corrected chi connectivity index (χ4v) is 2.67. The molecule has 0 spiro atoms. The molecule has 0 fully saturated rings. The molecule has 1 aliphatic rings. The highest BCUT2D eigenvalue weighted by Crippen LogP contribution is 2.33. The summed E-state index contributed by atoms with van der Waals surface area (Å²) < 4.78 is 5.11. The number of nitrogens with one attached hydrogen (secondary N) is 1. The molecule has 0 atom stereocenters. The van der Waals surface area contributed by atoms with Gasteiger partial charge in [0.25, 0.3) is 5.91 Å². The van der Waals surface area contributed by atoms with Crippen molar-refractivity contribution in [1.29, 1.82) is 0 Å². The molecule has 126 valence electrons. The number of carbonyl (C=O) groups excluding carboxylic acids is 2. The lowest BCUT2D eigenvalue weighted by atomic mass is 9.99. The molecule has 2 N–H and O–H groups in total. The van der Waals surface area contributed by atoms with Crippen molar-refractivity contribution in [2.45, 2.75) is 6.92 Å². The molecule has 0 bridgehead atoms. The van der Waals surface area contributed by atoms with Gasteiger partial charge in [0.1, 0.15) is 11.3 Å². The molecular weight excluding hydrogens is 318 g/mol. The predicted molar refractivity (Wildman–Crippen MR) is 94.1 cm³/mol. The Balaban J connectivity index is 2.22. The van der Waals surface area contributed by atoms with E-state index in [1.54, 1.807) is 61.5 Å². The third kappa shape index (κ3) is 3.17. The zero-order chi connectivity index (χ0) is 17.8. The summed E-state index contributed by atoms with van der Waals surface area (Å²) in [5.41, 5.74) is 1.41. The van der Waals surface area contributed by atoms with Crippen molar-refractivity contribution in [1.82, 2.24) is 5.32 Å². The van der Waals surface area contributed by atoms with Crippen LogP contribution < -0.4 is 5.32 Å². The lowest BCUT2D eigenvalue weighted by Gasteiger charge is -2.08. The van der Waals surface area contributed by atoms with Gasteiger partial charge in [-0.15, -0.1) is 0 Å². The fraction of sp³-hybridized carbons (Fsp3) is 0.100. The van der Waals surface area contributed by atoms with Gasteiger partial charge in [0, 0.05) is 5.56 Å². The second-order valence-electron chi connectivity index (χ2n) is 5.38. The molecule has 1 heterocycles. The van der Waals surface area contributed by atoms with E-state index < -0.39 is 11.9 Å². The van der Waals surface area contributed by atoms with Crippen LogP contribution in [0.5, 0.6) is 0 Å². The number of carbonyl (C=O) groups is 2. The molecule has 0 aromatic heterocycles. The van der Waals surface area contributed by atoms with Gasteiger partial charge in [-0.1, -0.05) is 60.7 Å². The number of hydrogen-bond acceptors (Lipinski definition) is 4. The lowest BCUT2D eigenvalue weighted by molar-refractivity contribution is -0.138. The number of aliphatic hydroxyl groups excluding tert-OH is 1. The molecule has 5 nitrogen and oxygen atoms in total. The van der Waals surface area contributed by atoms with Gasteiger partial charge in [-0.2, -0.15) is 0 Å². The van der Waals surface area contributed by atoms with Gasteiger partial charge in [-0.25, -0.2) is 4.79 Å². The molecule has 0 aliphatic carbocycles. The predicted octanol–water partition coefficient (Wildman–Crippen LogP) is 3.06. The molecule has 2 aromatic carbocycles. The summed E-state index contributed by atoms with van der Waals surface area (Å²) in [6.45, 7) is 1.85. The van der Waals surface area contributed by atoms with Gasteiger partial charge in [-0.3, -0.25) is 4.79 Å². The summed E-state index contributed by atoms with van der Waals surface area (Å²) in [6.07, 6.45) is 0. The molecule has 3 rings (SSSR count). The van der Waals surface area contributed by atoms with Crippen LogP contribution in [0.15, 0.2) is 71.8 Å². The highest BCUT2D eigenvalue weighted by atomic mass is 16.5. The average molecular weight is 335 g/mol. The van der Waals surface area contributed by atoms with Crippen molar-refractivity contribution >= 4 is 23.3 Å². The van der Waals surface area contributed by atoms with Gasteiger partial charge in [0.05, 0.1) is 17.9 Å². The minimum Gasteiger partial charge on any atom is -0.506 e. The number of hydrogen-bond donors (Lipinski definition) is 2. The second kappa shape index (κ2) is 7.05. The standard InChI is InChI=1S/C20H17NO4/c1-2-25-20(24)15-16(18(22)14-11-7-4-8-12-14)19(23)21-17(15)13-9-5-3-6-10-13/h3-12,22H,2H2,1H3,(H,21,23)/b18-16+. The Hall–Kier alpha value is -3.34. The van der Waals surface area contributed by atoms with Crippen LogP contribution in [0.2, 0.25) is 0 Å². The molecule has 1 amide bonds. The SMILES string of the molecule is CCOC(=O)C1=C(c2ccccc2)NC(=O)/C1=C(/O)c1ccccc1. The minimum atomic E-state index is -0.655. The van der Waals surface area contributed by atoms with Gasteiger partial charge < -0.3 is 15.2 Å². The smallest absolute Gasteiger partial charge is 0.341 e. The van der Waals surface area contributed by atoms with E-state index in [4.69, 9.17) is 4.74 Å². The molecule has 2 aromatic rings. The second-order valence-corrected chi connectivity index (χ2v) is 5.38. The zero-order valence-corrected chi connectivity index (χ0v) is 13.7. The maximum atomic E-state index is 12.5. The van der Waals surface area contributed by atoms with E-state index in [1.165, 1.54) is 0 Å². The molecule has 0 saturated carbocycles. The number of esters is 1. The Morgan fingerprint density at radius 3 is 2.24 bits per heavy atom. The van der Waals surface area contributed by atoms with Gasteiger partial charge >= 0.3 is 5.97 Å². The first kappa shape index (κ1) is 16.5. The quantitative estimate of drug-likeness (QED) is 0.511. The maximum absolute atomic E-state index is 12.5. The highest BCUT2D eigenvalue weighted by molar-refractivity contribution is 6.23. The summed E-state index contributed by atoms with van der Waals surface area (Å²) in [7, 11) is 0. The Labute approximate surface area is 145 Å². The van der Waals surface area contributed by atoms with E-state index in [1.807, 2.05) is 6.07 Å². The molecule has 25 heavy (non-hydrogen) atoms. The fourth-order valence-electron chi connectivity index (χ4n) is 2.67. The summed E-state index contributed by atoms with van der Waals surface area (Å²) in [5, 5.41) is 13.3. The first-order valence-electron chi connectivity index (χ1n) is 7.90. The van der Waals surface area contributed by atoms with Gasteiger partial charge in [-0.05, 0) is 12.5 Å². The monoisotopic (exact) mass is 335 g/mol. The third-order valence-electron chi connectivity index (χ3n) is 3.79. The third-order valence-corrected chi connectivity index (χ3v) is 3.79. The highest BCUT2D eigenvalue weighted by Gasteiger charge is 2.36. The van der Waals surface area contributed by atoms with Crippen molar-refractivity contribution in [2.24, 2.45) is 0 Å². The van der Waals surface area contributed by atoms with Crippen LogP contribution in [0.3, 0.4) is 0 Å². The topological polar surface area (TPSA) is 75.6 Å². The first-order chi connectivity index (χ1) is 12.1. The molecule has 0 unspecified atom stereocenters. The van der Waals surface area contributed by atoms with Crippen molar-refractivity contribution in [3.63, 3.8) is 0 Å². The average Bonchev–Trinajstić information content (AvgIpc) is 3.00. The molecule has 5 heteroatoms. The van der Waals surface area contributed by atoms with Gasteiger partial charge in [0.15, 0.2) is 0 Å². The van der Waals surface area contributed by atoms with Crippen LogP contribution in [-0.4, -0.2) is 23.6 Å². The van der Waals surface area contributed by atoms with Crippen LogP contribution >= 0.6 is 0 Å². The normalized spacial score (nSPS) is 15.8. The Morgan fingerprint density at radius 2 is 1.64 bits per heavy atom. The van der Waals surface area contributed by atoms with E-state index >= 15 is 0 Å². The van der Waals surface area contributed by atoms with Crippen molar-refractivity contribution in [2.75, 3.05) is 6.61 Å². The molecule has 0 radical (unpaired) electrons. The Morgan fingerprint density at radius 1 is 1.04 bits per heavy atom. The van der Waals surface area contributed by atoms with Crippen molar-refractivity contribution in [3.8, 4) is 0 Å². The summed E-state index contributed by atoms with van der Waals surface area (Å²) in [5.74, 6) is -1.45. The van der Waals surface area contributed by atoms with Crippen molar-refractivity contribution < 1.29 is 19.4 Å². The Bertz CT molecular complexity index is 867.